The van der Waals surface area contributed by atoms with E-state index in [9.17, 15) is 14.5 Å². The van der Waals surface area contributed by atoms with Crippen molar-refractivity contribution in [1.82, 2.24) is 0 Å². The fourth-order valence-electron chi connectivity index (χ4n) is 2.03. The van der Waals surface area contributed by atoms with E-state index in [-0.39, 0.29) is 18.0 Å². The Kier molecular flexibility index (Phi) is 4.84. The first-order valence-electron chi connectivity index (χ1n) is 6.46. The van der Waals surface area contributed by atoms with Gasteiger partial charge in [-0.15, -0.1) is 0 Å². The first-order chi connectivity index (χ1) is 10.1. The molecular weight excluding hydrogens is 275 g/mol. The summed E-state index contributed by atoms with van der Waals surface area (Å²) in [6.07, 6.45) is 0.476. The largest absolute Gasteiger partial charge is 0.485 e. The minimum absolute atomic E-state index is 0.0470. The van der Waals surface area contributed by atoms with Gasteiger partial charge in [0.05, 0.1) is 10.5 Å². The van der Waals surface area contributed by atoms with Gasteiger partial charge >= 0.3 is 0 Å². The maximum absolute atomic E-state index is 13.8. The van der Waals surface area contributed by atoms with Gasteiger partial charge < -0.3 is 10.5 Å². The zero-order chi connectivity index (χ0) is 15.2. The molecule has 0 unspecified atom stereocenters. The van der Waals surface area contributed by atoms with E-state index in [1.807, 2.05) is 0 Å². The van der Waals surface area contributed by atoms with E-state index in [2.05, 4.69) is 0 Å². The Morgan fingerprint density at radius 2 is 1.86 bits per heavy atom. The standard InChI is InChI=1S/C15H15FN2O3/c16-13-6-3-5-11(8-9-17)15(13)21-10-12-4-1-2-7-14(12)18(19)20/h1-7H,8-10,17H2. The summed E-state index contributed by atoms with van der Waals surface area (Å²) in [5, 5.41) is 10.9. The summed E-state index contributed by atoms with van der Waals surface area (Å²) < 4.78 is 19.3. The lowest BCUT2D eigenvalue weighted by Gasteiger charge is -2.12. The molecule has 21 heavy (non-hydrogen) atoms. The molecule has 2 aromatic carbocycles. The zero-order valence-corrected chi connectivity index (χ0v) is 11.3. The second-order valence-electron chi connectivity index (χ2n) is 4.44. The van der Waals surface area contributed by atoms with Crippen LogP contribution in [0.15, 0.2) is 42.5 Å². The van der Waals surface area contributed by atoms with Crippen molar-refractivity contribution in [3.05, 3.63) is 69.5 Å². The zero-order valence-electron chi connectivity index (χ0n) is 11.3. The Labute approximate surface area is 121 Å². The summed E-state index contributed by atoms with van der Waals surface area (Å²) in [5.74, 6) is -0.402. The average molecular weight is 290 g/mol. The van der Waals surface area contributed by atoms with Crippen LogP contribution in [0.5, 0.6) is 5.75 Å². The quantitative estimate of drug-likeness (QED) is 0.655. The van der Waals surface area contributed by atoms with Gasteiger partial charge in [-0.3, -0.25) is 10.1 Å². The highest BCUT2D eigenvalue weighted by Crippen LogP contribution is 2.26. The van der Waals surface area contributed by atoms with E-state index in [4.69, 9.17) is 10.5 Å². The number of rotatable bonds is 6. The van der Waals surface area contributed by atoms with Crippen LogP contribution in [-0.2, 0) is 13.0 Å². The predicted molar refractivity (Wildman–Crippen MR) is 76.6 cm³/mol. The molecule has 0 radical (unpaired) electrons. The third-order valence-corrected chi connectivity index (χ3v) is 3.02. The first kappa shape index (κ1) is 14.9. The molecule has 2 aromatic rings. The van der Waals surface area contributed by atoms with Crippen LogP contribution in [0.25, 0.3) is 0 Å². The fraction of sp³-hybridized carbons (Fsp3) is 0.200. The Morgan fingerprint density at radius 3 is 2.57 bits per heavy atom. The van der Waals surface area contributed by atoms with Crippen LogP contribution in [0, 0.1) is 15.9 Å². The molecule has 6 heteroatoms. The summed E-state index contributed by atoms with van der Waals surface area (Å²) in [6.45, 7) is 0.293. The van der Waals surface area contributed by atoms with Gasteiger partial charge in [0.2, 0.25) is 0 Å². The molecule has 0 amide bonds. The van der Waals surface area contributed by atoms with Crippen LogP contribution >= 0.6 is 0 Å². The number of halogens is 1. The highest BCUT2D eigenvalue weighted by atomic mass is 19.1. The van der Waals surface area contributed by atoms with Gasteiger partial charge in [-0.2, -0.15) is 0 Å². The van der Waals surface area contributed by atoms with Crippen LogP contribution in [-0.4, -0.2) is 11.5 Å². The molecule has 2 rings (SSSR count). The number of nitrogens with zero attached hydrogens (tertiary/aromatic N) is 1. The molecule has 0 saturated carbocycles. The number of para-hydroxylation sites is 2. The van der Waals surface area contributed by atoms with E-state index >= 15 is 0 Å². The molecular formula is C15H15FN2O3. The van der Waals surface area contributed by atoms with Crippen LogP contribution in [0.4, 0.5) is 10.1 Å². The minimum Gasteiger partial charge on any atom is -0.485 e. The molecule has 110 valence electrons. The van der Waals surface area contributed by atoms with Crippen molar-refractivity contribution in [1.29, 1.82) is 0 Å². The highest BCUT2D eigenvalue weighted by molar-refractivity contribution is 5.40. The van der Waals surface area contributed by atoms with E-state index in [1.54, 1.807) is 30.3 Å². The van der Waals surface area contributed by atoms with Crippen LogP contribution < -0.4 is 10.5 Å². The lowest BCUT2D eigenvalue weighted by atomic mass is 10.1. The first-order valence-corrected chi connectivity index (χ1v) is 6.46. The third-order valence-electron chi connectivity index (χ3n) is 3.02. The summed E-state index contributed by atoms with van der Waals surface area (Å²) in [5.41, 5.74) is 6.48. The normalized spacial score (nSPS) is 10.4. The molecule has 0 aromatic heterocycles. The number of nitro groups is 1. The summed E-state index contributed by atoms with van der Waals surface area (Å²) in [6, 6.07) is 10.8. The molecule has 0 aliphatic carbocycles. The van der Waals surface area contributed by atoms with E-state index in [1.165, 1.54) is 12.1 Å². The van der Waals surface area contributed by atoms with Crippen molar-refractivity contribution < 1.29 is 14.1 Å². The maximum Gasteiger partial charge on any atom is 0.276 e. The van der Waals surface area contributed by atoms with Crippen molar-refractivity contribution in [2.75, 3.05) is 6.54 Å². The molecule has 0 aliphatic rings. The molecule has 0 heterocycles. The third kappa shape index (κ3) is 3.55. The molecule has 0 atom stereocenters. The van der Waals surface area contributed by atoms with Gasteiger partial charge in [-0.1, -0.05) is 24.3 Å². The molecule has 0 spiro atoms. The molecule has 0 aliphatic heterocycles. The highest BCUT2D eigenvalue weighted by Gasteiger charge is 2.15. The van der Waals surface area contributed by atoms with Crippen molar-refractivity contribution in [2.45, 2.75) is 13.0 Å². The van der Waals surface area contributed by atoms with Crippen molar-refractivity contribution >= 4 is 5.69 Å². The molecule has 5 nitrogen and oxygen atoms in total. The van der Waals surface area contributed by atoms with Crippen molar-refractivity contribution in [3.63, 3.8) is 0 Å². The molecule has 0 bridgehead atoms. The van der Waals surface area contributed by atoms with Gasteiger partial charge in [0.1, 0.15) is 6.61 Å². The Balaban J connectivity index is 2.23. The Morgan fingerprint density at radius 1 is 1.14 bits per heavy atom. The monoisotopic (exact) mass is 290 g/mol. The number of ether oxygens (including phenoxy) is 1. The van der Waals surface area contributed by atoms with Crippen LogP contribution in [0.3, 0.4) is 0 Å². The lowest BCUT2D eigenvalue weighted by molar-refractivity contribution is -0.385. The van der Waals surface area contributed by atoms with Crippen molar-refractivity contribution in [2.24, 2.45) is 5.73 Å². The van der Waals surface area contributed by atoms with Gasteiger partial charge in [-0.25, -0.2) is 4.39 Å². The van der Waals surface area contributed by atoms with Gasteiger partial charge in [0.25, 0.3) is 5.69 Å². The fourth-order valence-corrected chi connectivity index (χ4v) is 2.03. The summed E-state index contributed by atoms with van der Waals surface area (Å²) >= 11 is 0. The molecule has 2 N–H and O–H groups in total. The SMILES string of the molecule is NCCc1cccc(F)c1OCc1ccccc1[N+](=O)[O-]. The number of hydrogen-bond acceptors (Lipinski definition) is 4. The van der Waals surface area contributed by atoms with Crippen molar-refractivity contribution in [3.8, 4) is 5.75 Å². The van der Waals surface area contributed by atoms with Gasteiger partial charge in [0, 0.05) is 6.07 Å². The maximum atomic E-state index is 13.8. The number of benzene rings is 2. The molecule has 0 fully saturated rings. The van der Waals surface area contributed by atoms with Gasteiger partial charge in [-0.05, 0) is 30.7 Å². The Bertz CT molecular complexity index is 647. The van der Waals surface area contributed by atoms with Gasteiger partial charge in [0.15, 0.2) is 11.6 Å². The average Bonchev–Trinajstić information content (AvgIpc) is 2.47. The second kappa shape index (κ2) is 6.81. The summed E-state index contributed by atoms with van der Waals surface area (Å²) in [7, 11) is 0. The number of nitro benzene ring substituents is 1. The predicted octanol–water partition coefficient (Wildman–Crippen LogP) is 2.81. The second-order valence-corrected chi connectivity index (χ2v) is 4.44. The van der Waals surface area contributed by atoms with Crippen LogP contribution in [0.1, 0.15) is 11.1 Å². The lowest BCUT2D eigenvalue weighted by Crippen LogP contribution is -2.07. The Hall–Kier alpha value is -2.47. The minimum atomic E-state index is -0.500. The van der Waals surface area contributed by atoms with Crippen LogP contribution in [0.2, 0.25) is 0 Å². The number of hydrogen-bond donors (Lipinski definition) is 1. The molecule has 0 saturated heterocycles. The van der Waals surface area contributed by atoms with E-state index in [0.717, 1.165) is 0 Å². The van der Waals surface area contributed by atoms with E-state index < -0.39 is 10.7 Å². The summed E-state index contributed by atoms with van der Waals surface area (Å²) in [4.78, 5) is 10.4. The number of nitrogens with two attached hydrogens (primary N) is 1. The topological polar surface area (TPSA) is 78.4 Å². The smallest absolute Gasteiger partial charge is 0.276 e. The van der Waals surface area contributed by atoms with E-state index in [0.29, 0.717) is 24.1 Å².